The van der Waals surface area contributed by atoms with Crippen LogP contribution in [0, 0.1) is 0 Å². The van der Waals surface area contributed by atoms with Gasteiger partial charge in [-0.25, -0.2) is 4.79 Å². The molecule has 2 amide bonds. The Kier molecular flexibility index (Phi) is 4.90. The molecule has 0 atom stereocenters. The van der Waals surface area contributed by atoms with Gasteiger partial charge in [-0.15, -0.1) is 0 Å². The number of hydrogen-bond donors (Lipinski definition) is 2. The first-order chi connectivity index (χ1) is 10.2. The molecule has 2 aromatic carbocycles. The number of methoxy groups -OCH3 is 2. The van der Waals surface area contributed by atoms with Crippen LogP contribution in [-0.4, -0.2) is 20.3 Å². The number of nitrogens with one attached hydrogen (secondary N) is 2. The molecule has 2 rings (SSSR count). The minimum absolute atomic E-state index is 0.439. The highest BCUT2D eigenvalue weighted by Crippen LogP contribution is 2.34. The summed E-state index contributed by atoms with van der Waals surface area (Å²) in [5, 5.41) is 5.82. The van der Waals surface area contributed by atoms with Crippen LogP contribution in [-0.2, 0) is 0 Å². The summed E-state index contributed by atoms with van der Waals surface area (Å²) in [5.41, 5.74) is 0.970. The molecule has 21 heavy (non-hydrogen) atoms. The van der Waals surface area contributed by atoms with Crippen molar-refractivity contribution in [2.45, 2.75) is 0 Å². The van der Waals surface area contributed by atoms with Gasteiger partial charge in [-0.05, 0) is 24.3 Å². The molecule has 110 valence electrons. The fourth-order valence-corrected chi connectivity index (χ4v) is 1.99. The molecule has 0 aliphatic heterocycles. The number of carbonyl (C=O) groups excluding carboxylic acids is 1. The van der Waals surface area contributed by atoms with Gasteiger partial charge < -0.3 is 20.1 Å². The number of urea groups is 1. The van der Waals surface area contributed by atoms with Crippen molar-refractivity contribution in [1.29, 1.82) is 0 Å². The Bertz CT molecular complexity index is 624. The summed E-state index contributed by atoms with van der Waals surface area (Å²) in [6.45, 7) is 0. The highest BCUT2D eigenvalue weighted by molar-refractivity contribution is 6.33. The maximum Gasteiger partial charge on any atom is 0.323 e. The molecular formula is C15H15ClN2O3. The Balaban J connectivity index is 2.18. The van der Waals surface area contributed by atoms with Gasteiger partial charge in [-0.3, -0.25) is 0 Å². The van der Waals surface area contributed by atoms with E-state index in [1.54, 1.807) is 42.5 Å². The Morgan fingerprint density at radius 3 is 2.14 bits per heavy atom. The lowest BCUT2D eigenvalue weighted by Gasteiger charge is -2.14. The molecule has 0 aromatic heterocycles. The maximum absolute atomic E-state index is 12.1. The molecule has 0 spiro atoms. The van der Waals surface area contributed by atoms with Crippen LogP contribution < -0.4 is 20.1 Å². The van der Waals surface area contributed by atoms with Gasteiger partial charge in [-0.1, -0.05) is 29.8 Å². The molecule has 2 N–H and O–H groups in total. The molecule has 0 unspecified atom stereocenters. The molecule has 0 radical (unpaired) electrons. The van der Waals surface area contributed by atoms with Crippen LogP contribution in [0.3, 0.4) is 0 Å². The first-order valence-corrected chi connectivity index (χ1v) is 6.57. The van der Waals surface area contributed by atoms with Gasteiger partial charge >= 0.3 is 6.03 Å². The minimum atomic E-state index is -0.439. The number of ether oxygens (including phenoxy) is 2. The van der Waals surface area contributed by atoms with E-state index >= 15 is 0 Å². The molecule has 2 aromatic rings. The predicted octanol–water partition coefficient (Wildman–Crippen LogP) is 4.00. The summed E-state index contributed by atoms with van der Waals surface area (Å²) >= 11 is 6.00. The molecule has 0 saturated heterocycles. The Morgan fingerprint density at radius 1 is 0.952 bits per heavy atom. The predicted molar refractivity (Wildman–Crippen MR) is 83.6 cm³/mol. The number of halogens is 1. The summed E-state index contributed by atoms with van der Waals surface area (Å²) in [5.74, 6) is 1.01. The van der Waals surface area contributed by atoms with Crippen LogP contribution in [0.4, 0.5) is 16.2 Å². The Labute approximate surface area is 127 Å². The van der Waals surface area contributed by atoms with Crippen molar-refractivity contribution < 1.29 is 14.3 Å². The molecule has 6 heteroatoms. The van der Waals surface area contributed by atoms with Crippen LogP contribution in [0.1, 0.15) is 0 Å². The number of anilines is 2. The fourth-order valence-electron chi connectivity index (χ4n) is 1.80. The van der Waals surface area contributed by atoms with E-state index in [1.165, 1.54) is 14.2 Å². The van der Waals surface area contributed by atoms with E-state index in [2.05, 4.69) is 10.6 Å². The normalized spacial score (nSPS) is 9.86. The number of para-hydroxylation sites is 2. The second-order valence-electron chi connectivity index (χ2n) is 4.10. The average Bonchev–Trinajstić information content (AvgIpc) is 2.49. The van der Waals surface area contributed by atoms with Crippen LogP contribution >= 0.6 is 11.6 Å². The number of benzene rings is 2. The summed E-state index contributed by atoms with van der Waals surface area (Å²) < 4.78 is 10.4. The zero-order valence-corrected chi connectivity index (χ0v) is 12.4. The summed E-state index contributed by atoms with van der Waals surface area (Å²) in [6, 6.07) is 11.8. The molecular weight excluding hydrogens is 292 g/mol. The molecule has 0 fully saturated rings. The summed E-state index contributed by atoms with van der Waals surface area (Å²) in [4.78, 5) is 12.1. The molecule has 0 saturated carbocycles. The van der Waals surface area contributed by atoms with E-state index in [0.29, 0.717) is 27.9 Å². The first-order valence-electron chi connectivity index (χ1n) is 6.19. The quantitative estimate of drug-likeness (QED) is 0.897. The summed E-state index contributed by atoms with van der Waals surface area (Å²) in [7, 11) is 3.04. The molecule has 0 aliphatic carbocycles. The lowest BCUT2D eigenvalue weighted by Crippen LogP contribution is -2.20. The third kappa shape index (κ3) is 3.58. The highest BCUT2D eigenvalue weighted by atomic mass is 35.5. The third-order valence-corrected chi connectivity index (χ3v) is 3.12. The molecule has 0 bridgehead atoms. The first kappa shape index (κ1) is 15.0. The Hall–Kier alpha value is -2.40. The standard InChI is InChI=1S/C15H15ClN2O3/c1-20-12-8-5-9-13(21-2)14(12)18-15(19)17-11-7-4-3-6-10(11)16/h3-9H,1-2H3,(H2,17,18,19). The second-order valence-corrected chi connectivity index (χ2v) is 4.50. The van der Waals surface area contributed by atoms with E-state index < -0.39 is 6.03 Å². The van der Waals surface area contributed by atoms with E-state index in [1.807, 2.05) is 0 Å². The van der Waals surface area contributed by atoms with Gasteiger partial charge in [0.1, 0.15) is 17.2 Å². The minimum Gasteiger partial charge on any atom is -0.494 e. The van der Waals surface area contributed by atoms with Crippen molar-refractivity contribution in [1.82, 2.24) is 0 Å². The van der Waals surface area contributed by atoms with Gasteiger partial charge in [0, 0.05) is 0 Å². The summed E-state index contributed by atoms with van der Waals surface area (Å²) in [6.07, 6.45) is 0. The van der Waals surface area contributed by atoms with Gasteiger partial charge in [0.15, 0.2) is 0 Å². The van der Waals surface area contributed by atoms with E-state index in [9.17, 15) is 4.79 Å². The van der Waals surface area contributed by atoms with Crippen molar-refractivity contribution >= 4 is 29.0 Å². The number of hydrogen-bond acceptors (Lipinski definition) is 3. The smallest absolute Gasteiger partial charge is 0.323 e. The molecule has 0 heterocycles. The van der Waals surface area contributed by atoms with Gasteiger partial charge in [0.2, 0.25) is 0 Å². The topological polar surface area (TPSA) is 59.6 Å². The molecule has 0 aliphatic rings. The Morgan fingerprint density at radius 2 is 1.57 bits per heavy atom. The van der Waals surface area contributed by atoms with E-state index in [4.69, 9.17) is 21.1 Å². The number of rotatable bonds is 4. The monoisotopic (exact) mass is 306 g/mol. The maximum atomic E-state index is 12.1. The lowest BCUT2D eigenvalue weighted by atomic mass is 10.2. The van der Waals surface area contributed by atoms with Crippen LogP contribution in [0.15, 0.2) is 42.5 Å². The number of amides is 2. The van der Waals surface area contributed by atoms with Crippen LogP contribution in [0.25, 0.3) is 0 Å². The van der Waals surface area contributed by atoms with Crippen molar-refractivity contribution in [3.05, 3.63) is 47.5 Å². The zero-order valence-electron chi connectivity index (χ0n) is 11.6. The average molecular weight is 307 g/mol. The van der Waals surface area contributed by atoms with Crippen molar-refractivity contribution in [2.24, 2.45) is 0 Å². The van der Waals surface area contributed by atoms with Crippen molar-refractivity contribution in [3.63, 3.8) is 0 Å². The van der Waals surface area contributed by atoms with E-state index in [0.717, 1.165) is 0 Å². The second kappa shape index (κ2) is 6.85. The highest BCUT2D eigenvalue weighted by Gasteiger charge is 2.13. The lowest BCUT2D eigenvalue weighted by molar-refractivity contribution is 0.262. The van der Waals surface area contributed by atoms with Crippen molar-refractivity contribution in [2.75, 3.05) is 24.9 Å². The van der Waals surface area contributed by atoms with Crippen LogP contribution in [0.2, 0.25) is 5.02 Å². The van der Waals surface area contributed by atoms with Crippen LogP contribution in [0.5, 0.6) is 11.5 Å². The number of carbonyl (C=O) groups is 1. The largest absolute Gasteiger partial charge is 0.494 e. The SMILES string of the molecule is COc1cccc(OC)c1NC(=O)Nc1ccccc1Cl. The van der Waals surface area contributed by atoms with Crippen molar-refractivity contribution in [3.8, 4) is 11.5 Å². The van der Waals surface area contributed by atoms with Gasteiger partial charge in [0.25, 0.3) is 0 Å². The van der Waals surface area contributed by atoms with Gasteiger partial charge in [0.05, 0.1) is 24.9 Å². The van der Waals surface area contributed by atoms with E-state index in [-0.39, 0.29) is 0 Å². The zero-order chi connectivity index (χ0) is 15.2. The third-order valence-electron chi connectivity index (χ3n) is 2.79. The fraction of sp³-hybridized carbons (Fsp3) is 0.133. The van der Waals surface area contributed by atoms with Gasteiger partial charge in [-0.2, -0.15) is 0 Å². The molecule has 5 nitrogen and oxygen atoms in total.